The van der Waals surface area contributed by atoms with Crippen LogP contribution in [0.2, 0.25) is 0 Å². The standard InChI is InChI=1S/C64H127NO5/c1-3-5-7-9-11-13-15-17-19-29-32-36-40-44-48-52-56-62(67)61(60-66)65-63(68)57-53-49-45-41-37-33-30-26-24-22-20-21-23-25-27-31-35-39-43-47-51-55-59-70-64(69)58-54-50-46-42-38-34-28-18-16-14-12-10-8-6-4-2/h61-62,66-67H,3-60H2,1-2H3,(H,65,68). The molecule has 0 aliphatic carbocycles. The Hall–Kier alpha value is -1.14. The van der Waals surface area contributed by atoms with Crippen molar-refractivity contribution in [1.82, 2.24) is 5.32 Å². The van der Waals surface area contributed by atoms with Crippen LogP contribution in [0, 0.1) is 0 Å². The van der Waals surface area contributed by atoms with E-state index in [9.17, 15) is 19.8 Å². The highest BCUT2D eigenvalue weighted by atomic mass is 16.5. The van der Waals surface area contributed by atoms with Crippen LogP contribution in [0.15, 0.2) is 0 Å². The smallest absolute Gasteiger partial charge is 0.305 e. The number of rotatable bonds is 61. The fourth-order valence-electron chi connectivity index (χ4n) is 10.5. The van der Waals surface area contributed by atoms with Gasteiger partial charge in [-0.05, 0) is 25.7 Å². The maximum Gasteiger partial charge on any atom is 0.305 e. The maximum absolute atomic E-state index is 12.5. The van der Waals surface area contributed by atoms with E-state index in [1.807, 2.05) is 0 Å². The molecule has 0 heterocycles. The average molecular weight is 991 g/mol. The molecule has 6 nitrogen and oxygen atoms in total. The lowest BCUT2D eigenvalue weighted by Crippen LogP contribution is -2.45. The lowest BCUT2D eigenvalue weighted by atomic mass is 10.0. The Balaban J connectivity index is 3.35. The van der Waals surface area contributed by atoms with E-state index < -0.39 is 12.1 Å². The number of amides is 1. The monoisotopic (exact) mass is 990 g/mol. The van der Waals surface area contributed by atoms with Crippen LogP contribution in [0.1, 0.15) is 373 Å². The fraction of sp³-hybridized carbons (Fsp3) is 0.969. The Bertz CT molecular complexity index is 1010. The van der Waals surface area contributed by atoms with Gasteiger partial charge in [-0.15, -0.1) is 0 Å². The molecule has 6 heteroatoms. The molecule has 0 aromatic rings. The van der Waals surface area contributed by atoms with Crippen LogP contribution in [0.25, 0.3) is 0 Å². The van der Waals surface area contributed by atoms with Crippen LogP contribution >= 0.6 is 0 Å². The predicted octanol–water partition coefficient (Wildman–Crippen LogP) is 20.3. The van der Waals surface area contributed by atoms with Crippen molar-refractivity contribution in [3.05, 3.63) is 0 Å². The first-order valence-electron chi connectivity index (χ1n) is 32.3. The quantitative estimate of drug-likeness (QED) is 0.0417. The third-order valence-electron chi connectivity index (χ3n) is 15.4. The van der Waals surface area contributed by atoms with Crippen LogP contribution in [-0.4, -0.2) is 47.4 Å². The molecule has 2 unspecified atom stereocenters. The highest BCUT2D eigenvalue weighted by molar-refractivity contribution is 5.76. The van der Waals surface area contributed by atoms with E-state index in [-0.39, 0.29) is 18.5 Å². The second-order valence-electron chi connectivity index (χ2n) is 22.5. The van der Waals surface area contributed by atoms with Crippen LogP contribution < -0.4 is 5.32 Å². The third kappa shape index (κ3) is 56.2. The lowest BCUT2D eigenvalue weighted by molar-refractivity contribution is -0.143. The molecule has 0 aliphatic heterocycles. The predicted molar refractivity (Wildman–Crippen MR) is 306 cm³/mol. The molecular weight excluding hydrogens is 863 g/mol. The molecular formula is C64H127NO5. The fourth-order valence-corrected chi connectivity index (χ4v) is 10.5. The second kappa shape index (κ2) is 60.4. The van der Waals surface area contributed by atoms with Gasteiger partial charge in [-0.2, -0.15) is 0 Å². The highest BCUT2D eigenvalue weighted by Crippen LogP contribution is 2.19. The van der Waals surface area contributed by atoms with Crippen LogP contribution in [0.3, 0.4) is 0 Å². The van der Waals surface area contributed by atoms with Gasteiger partial charge in [0.25, 0.3) is 0 Å². The minimum Gasteiger partial charge on any atom is -0.466 e. The summed E-state index contributed by atoms with van der Waals surface area (Å²) in [4.78, 5) is 24.6. The molecule has 1 amide bonds. The number of hydrogen-bond donors (Lipinski definition) is 3. The molecule has 418 valence electrons. The van der Waals surface area contributed by atoms with Gasteiger partial charge in [0.1, 0.15) is 0 Å². The summed E-state index contributed by atoms with van der Waals surface area (Å²) in [5, 5.41) is 23.3. The average Bonchev–Trinajstić information content (AvgIpc) is 3.36. The number of nitrogens with one attached hydrogen (secondary N) is 1. The Morgan fingerprint density at radius 1 is 0.343 bits per heavy atom. The van der Waals surface area contributed by atoms with Crippen LogP contribution in [0.5, 0.6) is 0 Å². The van der Waals surface area contributed by atoms with E-state index in [4.69, 9.17) is 4.74 Å². The topological polar surface area (TPSA) is 95.9 Å². The number of aliphatic hydroxyl groups excluding tert-OH is 2. The summed E-state index contributed by atoms with van der Waals surface area (Å²) in [6.45, 7) is 4.99. The molecule has 0 saturated carbocycles. The summed E-state index contributed by atoms with van der Waals surface area (Å²) in [5.41, 5.74) is 0. The summed E-state index contributed by atoms with van der Waals surface area (Å²) < 4.78 is 5.49. The summed E-state index contributed by atoms with van der Waals surface area (Å²) in [7, 11) is 0. The first-order valence-corrected chi connectivity index (χ1v) is 32.3. The molecule has 0 radical (unpaired) electrons. The number of carbonyl (C=O) groups is 2. The highest BCUT2D eigenvalue weighted by Gasteiger charge is 2.20. The molecule has 0 bridgehead atoms. The summed E-state index contributed by atoms with van der Waals surface area (Å²) >= 11 is 0. The van der Waals surface area contributed by atoms with Crippen molar-refractivity contribution in [3.63, 3.8) is 0 Å². The zero-order valence-electron chi connectivity index (χ0n) is 47.8. The van der Waals surface area contributed by atoms with Crippen molar-refractivity contribution < 1.29 is 24.5 Å². The van der Waals surface area contributed by atoms with E-state index in [0.29, 0.717) is 25.9 Å². The Labute approximate surface area is 438 Å². The van der Waals surface area contributed by atoms with E-state index in [0.717, 1.165) is 38.5 Å². The number of aliphatic hydroxyl groups is 2. The van der Waals surface area contributed by atoms with Crippen molar-refractivity contribution >= 4 is 11.9 Å². The summed E-state index contributed by atoms with van der Waals surface area (Å²) in [6, 6.07) is -0.540. The van der Waals surface area contributed by atoms with Gasteiger partial charge in [0.15, 0.2) is 0 Å². The van der Waals surface area contributed by atoms with Crippen LogP contribution in [0.4, 0.5) is 0 Å². The first-order chi connectivity index (χ1) is 34.5. The van der Waals surface area contributed by atoms with Crippen molar-refractivity contribution in [3.8, 4) is 0 Å². The number of ether oxygens (including phenoxy) is 1. The van der Waals surface area contributed by atoms with Crippen molar-refractivity contribution in [2.45, 2.75) is 386 Å². The molecule has 0 spiro atoms. The molecule has 0 aliphatic rings. The molecule has 0 aromatic carbocycles. The largest absolute Gasteiger partial charge is 0.466 e. The van der Waals surface area contributed by atoms with Gasteiger partial charge < -0.3 is 20.3 Å². The SMILES string of the molecule is CCCCCCCCCCCCCCCCCCC(O)C(CO)NC(=O)CCCCCCCCCCCCCCCCCCCCCCCCOC(=O)CCCCCCCCCCCCCCCCC. The molecule has 70 heavy (non-hydrogen) atoms. The van der Waals surface area contributed by atoms with Crippen molar-refractivity contribution in [2.75, 3.05) is 13.2 Å². The molecule has 3 N–H and O–H groups in total. The van der Waals surface area contributed by atoms with Gasteiger partial charge in [0.2, 0.25) is 5.91 Å². The third-order valence-corrected chi connectivity index (χ3v) is 15.4. The Morgan fingerprint density at radius 2 is 0.586 bits per heavy atom. The Morgan fingerprint density at radius 3 is 0.871 bits per heavy atom. The van der Waals surface area contributed by atoms with E-state index >= 15 is 0 Å². The number of unbranched alkanes of at least 4 members (excludes halogenated alkanes) is 50. The normalized spacial score (nSPS) is 12.5. The number of carbonyl (C=O) groups excluding carboxylic acids is 2. The molecule has 0 rings (SSSR count). The minimum absolute atomic E-state index is 0.0174. The molecule has 2 atom stereocenters. The van der Waals surface area contributed by atoms with E-state index in [1.165, 1.54) is 302 Å². The summed E-state index contributed by atoms with van der Waals surface area (Å²) in [5.74, 6) is -0.0141. The van der Waals surface area contributed by atoms with E-state index in [1.54, 1.807) is 0 Å². The number of esters is 1. The summed E-state index contributed by atoms with van der Waals surface area (Å²) in [6.07, 6.45) is 71.2. The van der Waals surface area contributed by atoms with Gasteiger partial charge >= 0.3 is 5.97 Å². The Kier molecular flexibility index (Phi) is 59.4. The van der Waals surface area contributed by atoms with Gasteiger partial charge in [-0.25, -0.2) is 0 Å². The van der Waals surface area contributed by atoms with Gasteiger partial charge in [0.05, 0.1) is 25.4 Å². The lowest BCUT2D eigenvalue weighted by Gasteiger charge is -2.22. The van der Waals surface area contributed by atoms with Crippen molar-refractivity contribution in [1.29, 1.82) is 0 Å². The molecule has 0 fully saturated rings. The van der Waals surface area contributed by atoms with Gasteiger partial charge in [-0.3, -0.25) is 9.59 Å². The minimum atomic E-state index is -0.663. The van der Waals surface area contributed by atoms with Gasteiger partial charge in [-0.1, -0.05) is 335 Å². The second-order valence-corrected chi connectivity index (χ2v) is 22.5. The first kappa shape index (κ1) is 68.9. The zero-order chi connectivity index (χ0) is 50.7. The molecule has 0 saturated heterocycles. The van der Waals surface area contributed by atoms with E-state index in [2.05, 4.69) is 19.2 Å². The van der Waals surface area contributed by atoms with Gasteiger partial charge in [0, 0.05) is 12.8 Å². The van der Waals surface area contributed by atoms with Crippen molar-refractivity contribution in [2.24, 2.45) is 0 Å². The zero-order valence-corrected chi connectivity index (χ0v) is 47.8. The number of hydrogen-bond acceptors (Lipinski definition) is 5. The maximum atomic E-state index is 12.5. The van der Waals surface area contributed by atoms with Crippen LogP contribution in [-0.2, 0) is 14.3 Å². The molecule has 0 aromatic heterocycles.